The molecule has 6 nitrogen and oxygen atoms in total. The van der Waals surface area contributed by atoms with Gasteiger partial charge in [-0.25, -0.2) is 13.6 Å². The third-order valence-electron chi connectivity index (χ3n) is 4.70. The third-order valence-corrected chi connectivity index (χ3v) is 4.70. The minimum Gasteiger partial charge on any atom is -0.486 e. The second-order valence-electron chi connectivity index (χ2n) is 8.29. The van der Waals surface area contributed by atoms with Gasteiger partial charge >= 0.3 is 6.09 Å². The smallest absolute Gasteiger partial charge is 0.407 e. The first kappa shape index (κ1) is 22.8. The third kappa shape index (κ3) is 6.30. The number of hydrogen-bond donors (Lipinski definition) is 1. The maximum Gasteiger partial charge on any atom is 0.407 e. The van der Waals surface area contributed by atoms with Crippen LogP contribution in [0.5, 0.6) is 5.75 Å². The number of carbonyl (C=O) groups excluding carboxylic acids is 1. The van der Waals surface area contributed by atoms with E-state index in [0.29, 0.717) is 24.9 Å². The van der Waals surface area contributed by atoms with E-state index in [1.807, 2.05) is 12.1 Å². The predicted octanol–water partition coefficient (Wildman–Crippen LogP) is 4.57. The van der Waals surface area contributed by atoms with Crippen molar-refractivity contribution in [2.45, 2.75) is 26.4 Å². The van der Waals surface area contributed by atoms with E-state index in [2.05, 4.69) is 10.2 Å². The summed E-state index contributed by atoms with van der Waals surface area (Å²) in [5.41, 5.74) is 0.503. The molecule has 0 aliphatic carbocycles. The maximum atomic E-state index is 14.9. The van der Waals surface area contributed by atoms with Crippen LogP contribution in [0.1, 0.15) is 20.8 Å². The summed E-state index contributed by atoms with van der Waals surface area (Å²) >= 11 is 0. The monoisotopic (exact) mass is 434 g/mol. The molecule has 1 heterocycles. The fraction of sp³-hybridized carbons (Fsp3) is 0.435. The van der Waals surface area contributed by atoms with Crippen LogP contribution in [-0.2, 0) is 9.47 Å². The Morgan fingerprint density at radius 2 is 1.97 bits per heavy atom. The summed E-state index contributed by atoms with van der Waals surface area (Å²) in [4.78, 5) is 13.9. The lowest BCUT2D eigenvalue weighted by Gasteiger charge is -2.29. The molecule has 0 saturated carbocycles. The minimum absolute atomic E-state index is 0.0169. The predicted molar refractivity (Wildman–Crippen MR) is 116 cm³/mol. The van der Waals surface area contributed by atoms with E-state index in [1.165, 1.54) is 6.07 Å². The van der Waals surface area contributed by atoms with Gasteiger partial charge < -0.3 is 24.4 Å². The Bertz CT molecular complexity index is 950. The molecule has 1 N–H and O–H groups in total. The van der Waals surface area contributed by atoms with Gasteiger partial charge in [0.1, 0.15) is 12.2 Å². The number of benzene rings is 2. The summed E-state index contributed by atoms with van der Waals surface area (Å²) in [5, 5.41) is 3.63. The normalized spacial score (nSPS) is 15.1. The molecule has 2 aromatic carbocycles. The second-order valence-corrected chi connectivity index (χ2v) is 8.29. The first-order valence-electron chi connectivity index (χ1n) is 10.2. The number of amides is 1. The summed E-state index contributed by atoms with van der Waals surface area (Å²) in [6, 6.07) is 8.83. The Hall–Kier alpha value is -2.87. The van der Waals surface area contributed by atoms with E-state index in [4.69, 9.17) is 14.2 Å². The van der Waals surface area contributed by atoms with Crippen molar-refractivity contribution in [2.75, 3.05) is 44.4 Å². The van der Waals surface area contributed by atoms with Crippen molar-refractivity contribution >= 4 is 22.6 Å². The summed E-state index contributed by atoms with van der Waals surface area (Å²) < 4.78 is 44.1. The molecule has 1 amide bonds. The summed E-state index contributed by atoms with van der Waals surface area (Å²) in [7, 11) is 0. The largest absolute Gasteiger partial charge is 0.486 e. The highest BCUT2D eigenvalue weighted by atomic mass is 19.1. The zero-order chi connectivity index (χ0) is 22.4. The molecular formula is C23H28F2N2O4. The number of rotatable bonds is 6. The van der Waals surface area contributed by atoms with Gasteiger partial charge in [0.05, 0.1) is 19.5 Å². The van der Waals surface area contributed by atoms with E-state index in [9.17, 15) is 13.6 Å². The molecule has 0 spiro atoms. The lowest BCUT2D eigenvalue weighted by atomic mass is 10.1. The fourth-order valence-electron chi connectivity index (χ4n) is 3.18. The molecule has 1 saturated heterocycles. The standard InChI is InChI=1S/C23H28F2N2O4/c1-23(2,3)31-22(28)26-14-16(13-24)15-30-20-7-4-17-12-18(5-6-19(17)21(20)25)27-8-10-29-11-9-27/h4-7,12-13H,8-11,14-15H2,1-3H3,(H,26,28)/b16-13+. The van der Waals surface area contributed by atoms with Crippen LogP contribution in [0.15, 0.2) is 42.2 Å². The van der Waals surface area contributed by atoms with Gasteiger partial charge in [0.2, 0.25) is 0 Å². The van der Waals surface area contributed by atoms with Gasteiger partial charge in [-0.3, -0.25) is 0 Å². The van der Waals surface area contributed by atoms with Crippen molar-refractivity contribution in [3.05, 3.63) is 48.1 Å². The summed E-state index contributed by atoms with van der Waals surface area (Å²) in [6.45, 7) is 7.81. The van der Waals surface area contributed by atoms with Crippen LogP contribution in [-0.4, -0.2) is 51.1 Å². The van der Waals surface area contributed by atoms with Crippen molar-refractivity contribution < 1.29 is 27.8 Å². The van der Waals surface area contributed by atoms with Gasteiger partial charge in [0.25, 0.3) is 0 Å². The van der Waals surface area contributed by atoms with E-state index >= 15 is 0 Å². The van der Waals surface area contributed by atoms with Crippen LogP contribution in [0.25, 0.3) is 10.8 Å². The molecule has 0 bridgehead atoms. The number of morpholine rings is 1. The van der Waals surface area contributed by atoms with Crippen LogP contribution >= 0.6 is 0 Å². The zero-order valence-corrected chi connectivity index (χ0v) is 18.0. The Morgan fingerprint density at radius 1 is 1.23 bits per heavy atom. The average Bonchev–Trinajstić information content (AvgIpc) is 2.74. The lowest BCUT2D eigenvalue weighted by molar-refractivity contribution is 0.0531. The molecule has 0 aromatic heterocycles. The van der Waals surface area contributed by atoms with Crippen LogP contribution in [0.4, 0.5) is 19.3 Å². The molecule has 0 atom stereocenters. The molecule has 3 rings (SSSR count). The van der Waals surface area contributed by atoms with E-state index in [0.717, 1.165) is 24.2 Å². The zero-order valence-electron chi connectivity index (χ0n) is 18.0. The summed E-state index contributed by atoms with van der Waals surface area (Å²) in [6.07, 6.45) is -0.329. The number of halogens is 2. The van der Waals surface area contributed by atoms with Crippen molar-refractivity contribution in [2.24, 2.45) is 0 Å². The number of nitrogens with one attached hydrogen (secondary N) is 1. The molecule has 31 heavy (non-hydrogen) atoms. The van der Waals surface area contributed by atoms with Gasteiger partial charge in [-0.1, -0.05) is 6.07 Å². The first-order chi connectivity index (χ1) is 14.8. The van der Waals surface area contributed by atoms with Crippen LogP contribution in [0.3, 0.4) is 0 Å². The number of fused-ring (bicyclic) bond motifs is 1. The van der Waals surface area contributed by atoms with Gasteiger partial charge in [0.15, 0.2) is 11.6 Å². The Labute approximate surface area is 180 Å². The van der Waals surface area contributed by atoms with Crippen LogP contribution < -0.4 is 15.0 Å². The molecule has 1 aliphatic rings. The number of carbonyl (C=O) groups is 1. The maximum absolute atomic E-state index is 14.9. The molecule has 0 unspecified atom stereocenters. The quantitative estimate of drug-likeness (QED) is 0.722. The highest BCUT2D eigenvalue weighted by Gasteiger charge is 2.17. The lowest BCUT2D eigenvalue weighted by Crippen LogP contribution is -2.36. The highest BCUT2D eigenvalue weighted by molar-refractivity contribution is 5.87. The van der Waals surface area contributed by atoms with Crippen molar-refractivity contribution in [3.63, 3.8) is 0 Å². The second kappa shape index (κ2) is 9.96. The van der Waals surface area contributed by atoms with Crippen molar-refractivity contribution in [1.82, 2.24) is 5.32 Å². The topological polar surface area (TPSA) is 60.0 Å². The minimum atomic E-state index is -0.667. The van der Waals surface area contributed by atoms with Gasteiger partial charge in [-0.2, -0.15) is 0 Å². The molecular weight excluding hydrogens is 406 g/mol. The number of anilines is 1. The van der Waals surface area contributed by atoms with Gasteiger partial charge in [-0.15, -0.1) is 0 Å². The molecule has 168 valence electrons. The number of nitrogens with zero attached hydrogens (tertiary/aromatic N) is 1. The SMILES string of the molecule is CC(C)(C)OC(=O)NC/C(=C\F)COc1ccc2cc(N3CCOCC3)ccc2c1F. The first-order valence-corrected chi connectivity index (χ1v) is 10.2. The molecule has 1 aliphatic heterocycles. The van der Waals surface area contributed by atoms with Crippen molar-refractivity contribution in [3.8, 4) is 5.75 Å². The number of hydrogen-bond acceptors (Lipinski definition) is 5. The summed E-state index contributed by atoms with van der Waals surface area (Å²) in [5.74, 6) is -0.493. The van der Waals surface area contributed by atoms with E-state index in [1.54, 1.807) is 32.9 Å². The Kier molecular flexibility index (Phi) is 7.33. The Morgan fingerprint density at radius 3 is 2.65 bits per heavy atom. The fourth-order valence-corrected chi connectivity index (χ4v) is 3.18. The molecule has 1 fully saturated rings. The van der Waals surface area contributed by atoms with Crippen LogP contribution in [0, 0.1) is 5.82 Å². The average molecular weight is 434 g/mol. The number of ether oxygens (including phenoxy) is 3. The molecule has 8 heteroatoms. The van der Waals surface area contributed by atoms with Gasteiger partial charge in [0, 0.05) is 36.3 Å². The van der Waals surface area contributed by atoms with Crippen molar-refractivity contribution in [1.29, 1.82) is 0 Å². The van der Waals surface area contributed by atoms with E-state index < -0.39 is 17.5 Å². The molecule has 0 radical (unpaired) electrons. The highest BCUT2D eigenvalue weighted by Crippen LogP contribution is 2.30. The molecule has 2 aromatic rings. The van der Waals surface area contributed by atoms with Gasteiger partial charge in [-0.05, 0) is 50.4 Å². The number of alkyl carbamates (subject to hydrolysis) is 1. The Balaban J connectivity index is 1.63. The van der Waals surface area contributed by atoms with Crippen LogP contribution in [0.2, 0.25) is 0 Å². The van der Waals surface area contributed by atoms with E-state index in [-0.39, 0.29) is 24.5 Å².